The number of hydrogen-bond donors (Lipinski definition) is 0. The van der Waals surface area contributed by atoms with E-state index < -0.39 is 0 Å². The maximum absolute atomic E-state index is 5.13. The summed E-state index contributed by atoms with van der Waals surface area (Å²) >= 11 is 0. The molecule has 128 valence electrons. The third-order valence-electron chi connectivity index (χ3n) is 6.13. The van der Waals surface area contributed by atoms with E-state index in [0.717, 1.165) is 11.0 Å². The van der Waals surface area contributed by atoms with Gasteiger partial charge in [-0.15, -0.1) is 0 Å². The Kier molecular flexibility index (Phi) is 2.54. The standard InChI is InChI=1S/C27H15N/c1-2-7-21-16(4-1)11-13-24-23(21)15-20-14-19-9-8-17-5-3-6-18-10-12-22(27(20)28-24)26(19)25(17)18/h1-15H. The highest BCUT2D eigenvalue weighted by Gasteiger charge is 2.13. The number of pyridine rings is 1. The normalized spacial score (nSPS) is 12.3. The minimum atomic E-state index is 1.06. The van der Waals surface area contributed by atoms with Gasteiger partial charge in [-0.1, -0.05) is 72.8 Å². The van der Waals surface area contributed by atoms with E-state index >= 15 is 0 Å². The summed E-state index contributed by atoms with van der Waals surface area (Å²) in [4.78, 5) is 5.13. The summed E-state index contributed by atoms with van der Waals surface area (Å²) in [5.41, 5.74) is 2.15. The van der Waals surface area contributed by atoms with Crippen molar-refractivity contribution in [2.75, 3.05) is 0 Å². The third-order valence-corrected chi connectivity index (χ3v) is 6.13. The summed E-state index contributed by atoms with van der Waals surface area (Å²) in [7, 11) is 0. The van der Waals surface area contributed by atoms with Gasteiger partial charge in [-0.3, -0.25) is 0 Å². The van der Waals surface area contributed by atoms with Crippen LogP contribution in [0, 0.1) is 0 Å². The zero-order valence-corrected chi connectivity index (χ0v) is 15.1. The Morgan fingerprint density at radius 1 is 0.429 bits per heavy atom. The van der Waals surface area contributed by atoms with Gasteiger partial charge in [0, 0.05) is 16.2 Å². The van der Waals surface area contributed by atoms with Crippen molar-refractivity contribution in [3.05, 3.63) is 91.0 Å². The molecule has 0 fully saturated rings. The van der Waals surface area contributed by atoms with Crippen LogP contribution in [0.15, 0.2) is 91.0 Å². The highest BCUT2D eigenvalue weighted by molar-refractivity contribution is 6.29. The van der Waals surface area contributed by atoms with Crippen LogP contribution in [-0.2, 0) is 0 Å². The fraction of sp³-hybridized carbons (Fsp3) is 0. The van der Waals surface area contributed by atoms with Crippen LogP contribution in [0.2, 0.25) is 0 Å². The molecule has 0 aliphatic rings. The molecule has 28 heavy (non-hydrogen) atoms. The minimum Gasteiger partial charge on any atom is -0.247 e. The molecule has 0 unspecified atom stereocenters. The molecule has 0 saturated carbocycles. The lowest BCUT2D eigenvalue weighted by Crippen LogP contribution is -1.89. The van der Waals surface area contributed by atoms with Gasteiger partial charge < -0.3 is 0 Å². The van der Waals surface area contributed by atoms with Crippen LogP contribution in [0.25, 0.3) is 64.9 Å². The van der Waals surface area contributed by atoms with Crippen LogP contribution >= 0.6 is 0 Å². The quantitative estimate of drug-likeness (QED) is 0.204. The second-order valence-electron chi connectivity index (χ2n) is 7.65. The molecule has 0 radical (unpaired) electrons. The Bertz CT molecular complexity index is 1690. The van der Waals surface area contributed by atoms with Crippen LogP contribution in [-0.4, -0.2) is 4.98 Å². The largest absolute Gasteiger partial charge is 0.247 e. The van der Waals surface area contributed by atoms with Crippen molar-refractivity contribution in [3.63, 3.8) is 0 Å². The minimum absolute atomic E-state index is 1.06. The number of hydrogen-bond acceptors (Lipinski definition) is 1. The summed E-state index contributed by atoms with van der Waals surface area (Å²) in [5, 5.41) is 12.7. The highest BCUT2D eigenvalue weighted by atomic mass is 14.7. The van der Waals surface area contributed by atoms with E-state index in [9.17, 15) is 0 Å². The molecule has 0 N–H and O–H groups in total. The SMILES string of the molecule is c1ccc2c(c1)ccc1nc3c(cc4ccc5cccc6ccc3c4c56)cc12. The van der Waals surface area contributed by atoms with E-state index in [1.54, 1.807) is 0 Å². The number of aromatic nitrogens is 1. The molecule has 6 aromatic carbocycles. The second kappa shape index (κ2) is 4.96. The average molecular weight is 353 g/mol. The summed E-state index contributed by atoms with van der Waals surface area (Å²) in [5.74, 6) is 0. The number of fused-ring (bicyclic) bond motifs is 5. The smallest absolute Gasteiger partial charge is 0.0788 e. The number of rotatable bonds is 0. The van der Waals surface area contributed by atoms with Crippen molar-refractivity contribution in [1.29, 1.82) is 0 Å². The average Bonchev–Trinajstić information content (AvgIpc) is 2.76. The Balaban J connectivity index is 1.75. The molecule has 0 atom stereocenters. The van der Waals surface area contributed by atoms with Crippen LogP contribution in [0.4, 0.5) is 0 Å². The topological polar surface area (TPSA) is 12.9 Å². The van der Waals surface area contributed by atoms with Gasteiger partial charge in [0.15, 0.2) is 0 Å². The van der Waals surface area contributed by atoms with Crippen LogP contribution in [0.3, 0.4) is 0 Å². The van der Waals surface area contributed by atoms with Gasteiger partial charge in [-0.2, -0.15) is 0 Å². The lowest BCUT2D eigenvalue weighted by Gasteiger charge is -2.13. The molecule has 1 heteroatoms. The molecule has 0 spiro atoms. The van der Waals surface area contributed by atoms with Crippen molar-refractivity contribution in [2.24, 2.45) is 0 Å². The first-order valence-corrected chi connectivity index (χ1v) is 9.66. The van der Waals surface area contributed by atoms with Crippen molar-refractivity contribution in [1.82, 2.24) is 4.98 Å². The lowest BCUT2D eigenvalue weighted by molar-refractivity contribution is 1.53. The van der Waals surface area contributed by atoms with Gasteiger partial charge in [-0.05, 0) is 55.9 Å². The van der Waals surface area contributed by atoms with Crippen LogP contribution in [0.1, 0.15) is 0 Å². The van der Waals surface area contributed by atoms with Crippen molar-refractivity contribution < 1.29 is 0 Å². The zero-order chi connectivity index (χ0) is 18.2. The Hall–Kier alpha value is -3.71. The second-order valence-corrected chi connectivity index (χ2v) is 7.65. The highest BCUT2D eigenvalue weighted by Crippen LogP contribution is 2.39. The first-order chi connectivity index (χ1) is 13.9. The van der Waals surface area contributed by atoms with Crippen LogP contribution in [0.5, 0.6) is 0 Å². The van der Waals surface area contributed by atoms with Crippen molar-refractivity contribution >= 4 is 64.9 Å². The number of benzene rings is 6. The maximum atomic E-state index is 5.13. The Morgan fingerprint density at radius 2 is 1.18 bits per heavy atom. The molecule has 0 aliphatic carbocycles. The molecule has 7 aromatic rings. The Morgan fingerprint density at radius 3 is 2.11 bits per heavy atom. The van der Waals surface area contributed by atoms with E-state index in [2.05, 4.69) is 91.0 Å². The van der Waals surface area contributed by atoms with E-state index in [1.807, 2.05) is 0 Å². The molecule has 1 aromatic heterocycles. The molecule has 1 nitrogen and oxygen atoms in total. The van der Waals surface area contributed by atoms with Gasteiger partial charge in [0.1, 0.15) is 0 Å². The fourth-order valence-corrected chi connectivity index (χ4v) is 4.86. The summed E-state index contributed by atoms with van der Waals surface area (Å²) in [6.07, 6.45) is 0. The van der Waals surface area contributed by atoms with E-state index in [0.29, 0.717) is 0 Å². The lowest BCUT2D eigenvalue weighted by atomic mass is 9.92. The van der Waals surface area contributed by atoms with Crippen LogP contribution < -0.4 is 0 Å². The molecular weight excluding hydrogens is 338 g/mol. The first kappa shape index (κ1) is 14.4. The van der Waals surface area contributed by atoms with Crippen molar-refractivity contribution in [3.8, 4) is 0 Å². The van der Waals surface area contributed by atoms with E-state index in [1.165, 1.54) is 53.9 Å². The van der Waals surface area contributed by atoms with Gasteiger partial charge in [0.2, 0.25) is 0 Å². The molecular formula is C27H15N. The van der Waals surface area contributed by atoms with Crippen molar-refractivity contribution in [2.45, 2.75) is 0 Å². The van der Waals surface area contributed by atoms with Gasteiger partial charge in [0.25, 0.3) is 0 Å². The summed E-state index contributed by atoms with van der Waals surface area (Å²) in [6, 6.07) is 33.0. The fourth-order valence-electron chi connectivity index (χ4n) is 4.86. The zero-order valence-electron chi connectivity index (χ0n) is 15.1. The molecule has 0 aliphatic heterocycles. The van der Waals surface area contributed by atoms with E-state index in [-0.39, 0.29) is 0 Å². The number of nitrogens with zero attached hydrogens (tertiary/aromatic N) is 1. The predicted molar refractivity (Wildman–Crippen MR) is 120 cm³/mol. The summed E-state index contributed by atoms with van der Waals surface area (Å²) in [6.45, 7) is 0. The predicted octanol–water partition coefficient (Wildman–Crippen LogP) is 7.44. The van der Waals surface area contributed by atoms with E-state index in [4.69, 9.17) is 4.98 Å². The molecule has 7 rings (SSSR count). The molecule has 1 heterocycles. The third kappa shape index (κ3) is 1.74. The monoisotopic (exact) mass is 353 g/mol. The first-order valence-electron chi connectivity index (χ1n) is 9.66. The Labute approximate surface area is 161 Å². The molecule has 0 amide bonds. The molecule has 0 saturated heterocycles. The summed E-state index contributed by atoms with van der Waals surface area (Å²) < 4.78 is 0. The maximum Gasteiger partial charge on any atom is 0.0788 e. The van der Waals surface area contributed by atoms with Gasteiger partial charge >= 0.3 is 0 Å². The van der Waals surface area contributed by atoms with Gasteiger partial charge in [0.05, 0.1) is 11.0 Å². The van der Waals surface area contributed by atoms with Gasteiger partial charge in [-0.25, -0.2) is 4.98 Å². The molecule has 0 bridgehead atoms.